The van der Waals surface area contributed by atoms with Gasteiger partial charge in [-0.25, -0.2) is 0 Å². The molecule has 0 spiro atoms. The molecule has 0 radical (unpaired) electrons. The van der Waals surface area contributed by atoms with Crippen LogP contribution in [0, 0.1) is 6.92 Å². The summed E-state index contributed by atoms with van der Waals surface area (Å²) in [6.07, 6.45) is 3.22. The number of aryl methyl sites for hydroxylation is 1. The maximum atomic E-state index is 5.98. The number of halogens is 1. The molecule has 0 atom stereocenters. The number of ether oxygens (including phenoxy) is 1. The van der Waals surface area contributed by atoms with Crippen LogP contribution in [0.2, 0.25) is 0 Å². The quantitative estimate of drug-likeness (QED) is 0.706. The zero-order chi connectivity index (χ0) is 14.3. The first-order valence-electron chi connectivity index (χ1n) is 6.68. The molecule has 0 aliphatic heterocycles. The van der Waals surface area contributed by atoms with Gasteiger partial charge in [-0.2, -0.15) is 11.8 Å². The summed E-state index contributed by atoms with van der Waals surface area (Å²) in [6, 6.07) is 4.73. The van der Waals surface area contributed by atoms with Gasteiger partial charge >= 0.3 is 0 Å². The minimum absolute atomic E-state index is 0.476. The van der Waals surface area contributed by atoms with Gasteiger partial charge < -0.3 is 10.1 Å². The van der Waals surface area contributed by atoms with Crippen LogP contribution in [0.1, 0.15) is 31.4 Å². The normalized spacial score (nSPS) is 11.1. The molecule has 0 amide bonds. The second kappa shape index (κ2) is 8.88. The van der Waals surface area contributed by atoms with Gasteiger partial charge in [0, 0.05) is 22.6 Å². The standard InChI is InChI=1S/C15H24BrNOS/c1-11(2)17-10-13-9-14(16)8-12(3)15(13)18-6-5-7-19-4/h8-9,11,17H,5-7,10H2,1-4H3. The molecular formula is C15H24BrNOS. The van der Waals surface area contributed by atoms with Crippen molar-refractivity contribution < 1.29 is 4.74 Å². The lowest BCUT2D eigenvalue weighted by Crippen LogP contribution is -2.22. The van der Waals surface area contributed by atoms with Gasteiger partial charge in [0.25, 0.3) is 0 Å². The third kappa shape index (κ3) is 6.19. The largest absolute Gasteiger partial charge is 0.493 e. The van der Waals surface area contributed by atoms with Gasteiger partial charge in [0.15, 0.2) is 0 Å². The van der Waals surface area contributed by atoms with Crippen LogP contribution in [0.15, 0.2) is 16.6 Å². The molecule has 19 heavy (non-hydrogen) atoms. The van der Waals surface area contributed by atoms with Crippen LogP contribution < -0.4 is 10.1 Å². The monoisotopic (exact) mass is 345 g/mol. The first-order chi connectivity index (χ1) is 9.04. The van der Waals surface area contributed by atoms with Crippen molar-refractivity contribution in [2.75, 3.05) is 18.6 Å². The van der Waals surface area contributed by atoms with E-state index in [0.717, 1.165) is 35.5 Å². The molecule has 0 bridgehead atoms. The zero-order valence-corrected chi connectivity index (χ0v) is 14.7. The highest BCUT2D eigenvalue weighted by Crippen LogP contribution is 2.28. The molecule has 1 rings (SSSR count). The Morgan fingerprint density at radius 3 is 2.74 bits per heavy atom. The van der Waals surface area contributed by atoms with Gasteiger partial charge in [-0.15, -0.1) is 0 Å². The van der Waals surface area contributed by atoms with Crippen molar-refractivity contribution in [2.45, 2.75) is 39.8 Å². The number of nitrogens with one attached hydrogen (secondary N) is 1. The van der Waals surface area contributed by atoms with E-state index in [-0.39, 0.29) is 0 Å². The number of benzene rings is 1. The van der Waals surface area contributed by atoms with E-state index in [0.29, 0.717) is 6.04 Å². The van der Waals surface area contributed by atoms with E-state index in [1.807, 2.05) is 11.8 Å². The molecule has 2 nitrogen and oxygen atoms in total. The van der Waals surface area contributed by atoms with E-state index in [1.165, 1.54) is 11.1 Å². The van der Waals surface area contributed by atoms with E-state index in [1.54, 1.807) is 0 Å². The van der Waals surface area contributed by atoms with Gasteiger partial charge in [-0.05, 0) is 43.0 Å². The van der Waals surface area contributed by atoms with Crippen molar-refractivity contribution in [3.8, 4) is 5.75 Å². The van der Waals surface area contributed by atoms with Crippen molar-refractivity contribution in [1.82, 2.24) is 5.32 Å². The van der Waals surface area contributed by atoms with E-state index < -0.39 is 0 Å². The molecule has 0 fully saturated rings. The molecule has 1 aromatic rings. The molecule has 1 N–H and O–H groups in total. The summed E-state index contributed by atoms with van der Waals surface area (Å²) in [5.74, 6) is 2.19. The summed E-state index contributed by atoms with van der Waals surface area (Å²) < 4.78 is 7.10. The molecule has 0 aromatic heterocycles. The fraction of sp³-hybridized carbons (Fsp3) is 0.600. The van der Waals surface area contributed by atoms with E-state index in [2.05, 4.69) is 60.4 Å². The topological polar surface area (TPSA) is 21.3 Å². The summed E-state index contributed by atoms with van der Waals surface area (Å²) in [5, 5.41) is 3.45. The first-order valence-corrected chi connectivity index (χ1v) is 8.87. The fourth-order valence-corrected chi connectivity index (χ4v) is 2.85. The maximum absolute atomic E-state index is 5.98. The molecule has 0 unspecified atom stereocenters. The second-order valence-corrected chi connectivity index (χ2v) is 6.84. The van der Waals surface area contributed by atoms with Crippen LogP contribution in [0.5, 0.6) is 5.75 Å². The average molecular weight is 346 g/mol. The van der Waals surface area contributed by atoms with Crippen LogP contribution in [0.25, 0.3) is 0 Å². The molecule has 108 valence electrons. The molecule has 1 aromatic carbocycles. The van der Waals surface area contributed by atoms with Gasteiger partial charge in [0.2, 0.25) is 0 Å². The highest BCUT2D eigenvalue weighted by Gasteiger charge is 2.09. The van der Waals surface area contributed by atoms with Gasteiger partial charge in [-0.1, -0.05) is 29.8 Å². The van der Waals surface area contributed by atoms with Crippen LogP contribution in [-0.4, -0.2) is 24.7 Å². The maximum Gasteiger partial charge on any atom is 0.126 e. The van der Waals surface area contributed by atoms with Crippen LogP contribution in [0.3, 0.4) is 0 Å². The third-order valence-corrected chi connectivity index (χ3v) is 3.91. The molecule has 0 saturated heterocycles. The Morgan fingerprint density at radius 1 is 1.37 bits per heavy atom. The predicted molar refractivity (Wildman–Crippen MR) is 89.3 cm³/mol. The van der Waals surface area contributed by atoms with Crippen LogP contribution >= 0.6 is 27.7 Å². The Bertz CT molecular complexity index is 396. The Labute approximate surface area is 129 Å². The molecule has 0 aliphatic rings. The molecule has 4 heteroatoms. The summed E-state index contributed by atoms with van der Waals surface area (Å²) >= 11 is 5.42. The fourth-order valence-electron chi connectivity index (χ4n) is 1.83. The Balaban J connectivity index is 2.74. The number of hydrogen-bond acceptors (Lipinski definition) is 3. The zero-order valence-electron chi connectivity index (χ0n) is 12.3. The SMILES string of the molecule is CSCCCOc1c(C)cc(Br)cc1CNC(C)C. The highest BCUT2D eigenvalue weighted by atomic mass is 79.9. The Kier molecular flexibility index (Phi) is 7.88. The van der Waals surface area contributed by atoms with Crippen LogP contribution in [0.4, 0.5) is 0 Å². The predicted octanol–water partition coefficient (Wildman–Crippen LogP) is 4.39. The molecular weight excluding hydrogens is 322 g/mol. The van der Waals surface area contributed by atoms with Gasteiger partial charge in [0.05, 0.1) is 6.61 Å². The number of thioether (sulfide) groups is 1. The lowest BCUT2D eigenvalue weighted by atomic mass is 10.1. The summed E-state index contributed by atoms with van der Waals surface area (Å²) in [6.45, 7) is 8.05. The Hall–Kier alpha value is -0.190. The van der Waals surface area contributed by atoms with E-state index in [4.69, 9.17) is 4.74 Å². The third-order valence-electron chi connectivity index (χ3n) is 2.76. The number of rotatable bonds is 8. The van der Waals surface area contributed by atoms with Crippen molar-refractivity contribution >= 4 is 27.7 Å². The summed E-state index contributed by atoms with van der Waals surface area (Å²) in [4.78, 5) is 0. The lowest BCUT2D eigenvalue weighted by Gasteiger charge is -2.16. The highest BCUT2D eigenvalue weighted by molar-refractivity contribution is 9.10. The Morgan fingerprint density at radius 2 is 2.11 bits per heavy atom. The minimum atomic E-state index is 0.476. The lowest BCUT2D eigenvalue weighted by molar-refractivity contribution is 0.312. The number of hydrogen-bond donors (Lipinski definition) is 1. The summed E-state index contributed by atoms with van der Waals surface area (Å²) in [7, 11) is 0. The van der Waals surface area contributed by atoms with Crippen molar-refractivity contribution in [1.29, 1.82) is 0 Å². The average Bonchev–Trinajstić information content (AvgIpc) is 2.34. The first kappa shape index (κ1) is 16.9. The van der Waals surface area contributed by atoms with Crippen molar-refractivity contribution in [2.24, 2.45) is 0 Å². The van der Waals surface area contributed by atoms with Gasteiger partial charge in [0.1, 0.15) is 5.75 Å². The molecule has 0 heterocycles. The van der Waals surface area contributed by atoms with E-state index in [9.17, 15) is 0 Å². The van der Waals surface area contributed by atoms with E-state index >= 15 is 0 Å². The molecule has 0 aliphatic carbocycles. The van der Waals surface area contributed by atoms with Crippen LogP contribution in [-0.2, 0) is 6.54 Å². The second-order valence-electron chi connectivity index (χ2n) is 4.94. The minimum Gasteiger partial charge on any atom is -0.493 e. The molecule has 0 saturated carbocycles. The smallest absolute Gasteiger partial charge is 0.126 e. The van der Waals surface area contributed by atoms with Crippen molar-refractivity contribution in [3.63, 3.8) is 0 Å². The summed E-state index contributed by atoms with van der Waals surface area (Å²) in [5.41, 5.74) is 2.42. The van der Waals surface area contributed by atoms with Crippen molar-refractivity contribution in [3.05, 3.63) is 27.7 Å². The van der Waals surface area contributed by atoms with Gasteiger partial charge in [-0.3, -0.25) is 0 Å².